The van der Waals surface area contributed by atoms with E-state index in [1.54, 1.807) is 0 Å². The molecule has 0 fully saturated rings. The van der Waals surface area contributed by atoms with Crippen LogP contribution in [-0.4, -0.2) is 0 Å². The van der Waals surface area contributed by atoms with Crippen molar-refractivity contribution in [2.45, 2.75) is 86.0 Å². The van der Waals surface area contributed by atoms with Crippen LogP contribution in [0.1, 0.15) is 86.0 Å². The van der Waals surface area contributed by atoms with Gasteiger partial charge in [0.15, 0.2) is 0 Å². The van der Waals surface area contributed by atoms with Gasteiger partial charge in [-0.25, -0.2) is 0 Å². The van der Waals surface area contributed by atoms with Crippen LogP contribution in [0.25, 0.3) is 0 Å². The number of rotatable bonds is 9. The molecular formula is C15H32. The van der Waals surface area contributed by atoms with Crippen molar-refractivity contribution in [3.63, 3.8) is 0 Å². The monoisotopic (exact) mass is 212 g/mol. The fourth-order valence-corrected chi connectivity index (χ4v) is 2.97. The lowest BCUT2D eigenvalue weighted by Crippen LogP contribution is -2.19. The summed E-state index contributed by atoms with van der Waals surface area (Å²) in [6.07, 6.45) is 11.2. The van der Waals surface area contributed by atoms with Gasteiger partial charge >= 0.3 is 0 Å². The van der Waals surface area contributed by atoms with E-state index in [1.807, 2.05) is 0 Å². The summed E-state index contributed by atoms with van der Waals surface area (Å²) in [5.41, 5.74) is 0.624. The standard InChI is InChI=1S/C15H32/c1-6-9-12-15(5,11-8-3)13-14(4)10-7-2/h14H,6-13H2,1-5H3. The van der Waals surface area contributed by atoms with E-state index < -0.39 is 0 Å². The maximum absolute atomic E-state index is 2.51. The summed E-state index contributed by atoms with van der Waals surface area (Å²) >= 11 is 0. The molecule has 2 unspecified atom stereocenters. The lowest BCUT2D eigenvalue weighted by Gasteiger charge is -2.32. The van der Waals surface area contributed by atoms with Gasteiger partial charge in [0, 0.05) is 0 Å². The minimum Gasteiger partial charge on any atom is -0.0654 e. The lowest BCUT2D eigenvalue weighted by atomic mass is 9.74. The molecule has 0 radical (unpaired) electrons. The highest BCUT2D eigenvalue weighted by Gasteiger charge is 2.24. The van der Waals surface area contributed by atoms with Gasteiger partial charge in [0.1, 0.15) is 0 Å². The first-order valence-electron chi connectivity index (χ1n) is 7.08. The molecule has 0 aromatic rings. The molecule has 0 aliphatic rings. The SMILES string of the molecule is CCCCC(C)(CCC)CC(C)CCC. The van der Waals surface area contributed by atoms with E-state index in [-0.39, 0.29) is 0 Å². The van der Waals surface area contributed by atoms with Crippen LogP contribution in [0.2, 0.25) is 0 Å². The van der Waals surface area contributed by atoms with Crippen LogP contribution in [0, 0.1) is 11.3 Å². The zero-order valence-corrected chi connectivity index (χ0v) is 11.7. The highest BCUT2D eigenvalue weighted by molar-refractivity contribution is 4.76. The van der Waals surface area contributed by atoms with Crippen LogP contribution in [0.4, 0.5) is 0 Å². The van der Waals surface area contributed by atoms with Crippen molar-refractivity contribution < 1.29 is 0 Å². The second-order valence-corrected chi connectivity index (χ2v) is 5.76. The fourth-order valence-electron chi connectivity index (χ4n) is 2.97. The quantitative estimate of drug-likeness (QED) is 0.452. The van der Waals surface area contributed by atoms with E-state index in [2.05, 4.69) is 34.6 Å². The summed E-state index contributed by atoms with van der Waals surface area (Å²) in [7, 11) is 0. The van der Waals surface area contributed by atoms with Crippen LogP contribution < -0.4 is 0 Å². The van der Waals surface area contributed by atoms with Crippen LogP contribution in [0.3, 0.4) is 0 Å². The second-order valence-electron chi connectivity index (χ2n) is 5.76. The van der Waals surface area contributed by atoms with Crippen molar-refractivity contribution >= 4 is 0 Å². The van der Waals surface area contributed by atoms with Crippen molar-refractivity contribution in [3.05, 3.63) is 0 Å². The molecule has 0 amide bonds. The molecule has 0 heterocycles. The Morgan fingerprint density at radius 3 is 2.07 bits per heavy atom. The Morgan fingerprint density at radius 2 is 1.60 bits per heavy atom. The predicted molar refractivity (Wildman–Crippen MR) is 71.2 cm³/mol. The highest BCUT2D eigenvalue weighted by atomic mass is 14.3. The molecule has 0 bridgehead atoms. The van der Waals surface area contributed by atoms with Crippen LogP contribution >= 0.6 is 0 Å². The smallest absolute Gasteiger partial charge is 0.0323 e. The van der Waals surface area contributed by atoms with Gasteiger partial charge in [-0.2, -0.15) is 0 Å². The third kappa shape index (κ3) is 6.98. The minimum absolute atomic E-state index is 0.624. The molecule has 0 aliphatic heterocycles. The van der Waals surface area contributed by atoms with E-state index in [0.29, 0.717) is 5.41 Å². The molecule has 0 aliphatic carbocycles. The third-order valence-electron chi connectivity index (χ3n) is 3.61. The summed E-state index contributed by atoms with van der Waals surface area (Å²) in [5.74, 6) is 0.920. The minimum atomic E-state index is 0.624. The van der Waals surface area contributed by atoms with Crippen molar-refractivity contribution in [1.82, 2.24) is 0 Å². The van der Waals surface area contributed by atoms with Gasteiger partial charge in [-0.05, 0) is 30.6 Å². The van der Waals surface area contributed by atoms with E-state index in [1.165, 1.54) is 51.4 Å². The Labute approximate surface area is 97.8 Å². The third-order valence-corrected chi connectivity index (χ3v) is 3.61. The maximum atomic E-state index is 2.51. The second kappa shape index (κ2) is 8.19. The summed E-state index contributed by atoms with van der Waals surface area (Å²) in [6.45, 7) is 11.9. The van der Waals surface area contributed by atoms with Crippen molar-refractivity contribution in [2.75, 3.05) is 0 Å². The van der Waals surface area contributed by atoms with Crippen molar-refractivity contribution in [1.29, 1.82) is 0 Å². The highest BCUT2D eigenvalue weighted by Crippen LogP contribution is 2.37. The van der Waals surface area contributed by atoms with E-state index in [4.69, 9.17) is 0 Å². The first-order valence-corrected chi connectivity index (χ1v) is 7.08. The zero-order chi connectivity index (χ0) is 11.7. The molecular weight excluding hydrogens is 180 g/mol. The van der Waals surface area contributed by atoms with Gasteiger partial charge < -0.3 is 0 Å². The van der Waals surface area contributed by atoms with Gasteiger partial charge in [0.25, 0.3) is 0 Å². The molecule has 0 saturated carbocycles. The maximum Gasteiger partial charge on any atom is -0.0323 e. The van der Waals surface area contributed by atoms with Crippen molar-refractivity contribution in [3.8, 4) is 0 Å². The molecule has 0 nitrogen and oxygen atoms in total. The van der Waals surface area contributed by atoms with Gasteiger partial charge in [0.2, 0.25) is 0 Å². The number of unbranched alkanes of at least 4 members (excludes halogenated alkanes) is 1. The van der Waals surface area contributed by atoms with Crippen LogP contribution in [0.15, 0.2) is 0 Å². The van der Waals surface area contributed by atoms with Crippen LogP contribution in [0.5, 0.6) is 0 Å². The largest absolute Gasteiger partial charge is 0.0654 e. The average Bonchev–Trinajstić information content (AvgIpc) is 2.15. The van der Waals surface area contributed by atoms with Gasteiger partial charge in [-0.15, -0.1) is 0 Å². The molecule has 15 heavy (non-hydrogen) atoms. The first kappa shape index (κ1) is 15.0. The number of hydrogen-bond donors (Lipinski definition) is 0. The van der Waals surface area contributed by atoms with Crippen molar-refractivity contribution in [2.24, 2.45) is 11.3 Å². The molecule has 0 spiro atoms. The Bertz CT molecular complexity index is 139. The normalized spacial score (nSPS) is 17.4. The molecule has 0 saturated heterocycles. The Hall–Kier alpha value is 0. The summed E-state index contributed by atoms with van der Waals surface area (Å²) in [6, 6.07) is 0. The van der Waals surface area contributed by atoms with Gasteiger partial charge in [-0.1, -0.05) is 66.7 Å². The molecule has 0 rings (SSSR count). The predicted octanol–water partition coefficient (Wildman–Crippen LogP) is 5.81. The fraction of sp³-hybridized carbons (Fsp3) is 1.00. The Kier molecular flexibility index (Phi) is 8.19. The molecule has 92 valence electrons. The first-order chi connectivity index (χ1) is 7.08. The topological polar surface area (TPSA) is 0 Å². The van der Waals surface area contributed by atoms with Crippen LogP contribution in [-0.2, 0) is 0 Å². The summed E-state index contributed by atoms with van der Waals surface area (Å²) in [4.78, 5) is 0. The van der Waals surface area contributed by atoms with Gasteiger partial charge in [-0.3, -0.25) is 0 Å². The summed E-state index contributed by atoms with van der Waals surface area (Å²) in [5, 5.41) is 0. The van der Waals surface area contributed by atoms with E-state index in [0.717, 1.165) is 5.92 Å². The Morgan fingerprint density at radius 1 is 0.933 bits per heavy atom. The zero-order valence-electron chi connectivity index (χ0n) is 11.7. The molecule has 0 aromatic carbocycles. The van der Waals surface area contributed by atoms with Gasteiger partial charge in [0.05, 0.1) is 0 Å². The van der Waals surface area contributed by atoms with E-state index >= 15 is 0 Å². The number of hydrogen-bond acceptors (Lipinski definition) is 0. The van der Waals surface area contributed by atoms with E-state index in [9.17, 15) is 0 Å². The Balaban J connectivity index is 4.09. The lowest BCUT2D eigenvalue weighted by molar-refractivity contribution is 0.197. The summed E-state index contributed by atoms with van der Waals surface area (Å²) < 4.78 is 0. The molecule has 2 atom stereocenters. The average molecular weight is 212 g/mol. The molecule has 0 heteroatoms. The molecule has 0 aromatic heterocycles. The molecule has 0 N–H and O–H groups in total.